The van der Waals surface area contributed by atoms with Crippen LogP contribution in [0.1, 0.15) is 113 Å². The van der Waals surface area contributed by atoms with Gasteiger partial charge in [-0.25, -0.2) is 0 Å². The van der Waals surface area contributed by atoms with Gasteiger partial charge in [-0.2, -0.15) is 0 Å². The molecule has 24 rings (SSSR count). The molecule has 20 aromatic rings. The van der Waals surface area contributed by atoms with Crippen LogP contribution in [0.4, 0.5) is 0 Å². The van der Waals surface area contributed by atoms with Crippen LogP contribution in [0, 0.1) is 0 Å². The molecule has 20 aromatic carbocycles. The van der Waals surface area contributed by atoms with Crippen molar-refractivity contribution in [1.29, 1.82) is 0 Å². The van der Waals surface area contributed by atoms with Gasteiger partial charge in [0.1, 0.15) is 0 Å². The molecule has 0 heteroatoms. The summed E-state index contributed by atoms with van der Waals surface area (Å²) in [6, 6.07) is 138. The molecule has 0 aliphatic heterocycles. The molecular weight excluding hydrogens is 1420 g/mol. The van der Waals surface area contributed by atoms with Crippen molar-refractivity contribution in [2.75, 3.05) is 0 Å². The third-order valence-electron chi connectivity index (χ3n) is 28.6. The van der Waals surface area contributed by atoms with Gasteiger partial charge in [0.15, 0.2) is 0 Å². The van der Waals surface area contributed by atoms with E-state index >= 15 is 0 Å². The van der Waals surface area contributed by atoms with Crippen LogP contribution in [-0.2, 0) is 21.7 Å². The molecule has 0 amide bonds. The van der Waals surface area contributed by atoms with Gasteiger partial charge in [-0.05, 0) is 279 Å². The SMILES string of the molecule is CC1(C)c2ccccc2-c2ccc(-c3c4ccccc4c(-c4c5ccccc5c(-c5ccc6c(c5)C(C)(C)c5ccccc5-6)c5ccccc45)c4ccccc34)cc21.CCC1(CC)c2ccccc2-c2ccc(-c3c4ccccc4c(-c4c5ccccc5c(-c5ccc6c(c5)C(C)(C)c5ccccc5-6)c5ccccc45)c4ccccc34)cc21. The number of hydrogen-bond acceptors (Lipinski definition) is 0. The first kappa shape index (κ1) is 69.9. The molecule has 560 valence electrons. The molecule has 0 atom stereocenters. The van der Waals surface area contributed by atoms with E-state index in [1.807, 2.05) is 0 Å². The fourth-order valence-corrected chi connectivity index (χ4v) is 23.0. The molecule has 0 heterocycles. The Bertz CT molecular complexity index is 7280. The maximum Gasteiger partial charge on any atom is 0.0210 e. The van der Waals surface area contributed by atoms with E-state index < -0.39 is 0 Å². The number of benzene rings is 20. The summed E-state index contributed by atoms with van der Waals surface area (Å²) in [5.74, 6) is 0. The van der Waals surface area contributed by atoms with Crippen molar-refractivity contribution in [1.82, 2.24) is 0 Å². The van der Waals surface area contributed by atoms with Crippen molar-refractivity contribution >= 4 is 86.2 Å². The zero-order valence-corrected chi connectivity index (χ0v) is 68.1. The second-order valence-corrected chi connectivity index (χ2v) is 35.3. The Kier molecular flexibility index (Phi) is 15.4. The highest BCUT2D eigenvalue weighted by atomic mass is 14.5. The maximum atomic E-state index is 2.55. The molecule has 0 fully saturated rings. The van der Waals surface area contributed by atoms with Crippen LogP contribution in [-0.4, -0.2) is 0 Å². The lowest BCUT2D eigenvalue weighted by Gasteiger charge is -2.30. The van der Waals surface area contributed by atoms with E-state index in [1.54, 1.807) is 0 Å². The van der Waals surface area contributed by atoms with Crippen molar-refractivity contribution < 1.29 is 0 Å². The minimum atomic E-state index is -0.0789. The number of hydrogen-bond donors (Lipinski definition) is 0. The molecule has 0 bridgehead atoms. The van der Waals surface area contributed by atoms with E-state index in [0.717, 1.165) is 12.8 Å². The molecule has 0 radical (unpaired) electrons. The first-order valence-corrected chi connectivity index (χ1v) is 42.5. The van der Waals surface area contributed by atoms with Crippen molar-refractivity contribution in [3.8, 4) is 111 Å². The van der Waals surface area contributed by atoms with Crippen LogP contribution in [0.5, 0.6) is 0 Å². The van der Waals surface area contributed by atoms with Gasteiger partial charge in [-0.15, -0.1) is 0 Å². The number of fused-ring (bicyclic) bond motifs is 20. The second-order valence-electron chi connectivity index (χ2n) is 35.3. The highest BCUT2D eigenvalue weighted by molar-refractivity contribution is 6.32. The molecular formula is C118H88. The van der Waals surface area contributed by atoms with E-state index in [2.05, 4.69) is 419 Å². The van der Waals surface area contributed by atoms with E-state index in [9.17, 15) is 0 Å². The molecule has 0 nitrogen and oxygen atoms in total. The van der Waals surface area contributed by atoms with Crippen LogP contribution in [0.15, 0.2) is 364 Å². The van der Waals surface area contributed by atoms with Crippen molar-refractivity contribution in [2.45, 2.75) is 89.9 Å². The molecule has 4 aliphatic rings. The van der Waals surface area contributed by atoms with E-state index in [4.69, 9.17) is 0 Å². The Labute approximate surface area is 691 Å². The Morgan fingerprint density at radius 3 is 0.534 bits per heavy atom. The van der Waals surface area contributed by atoms with Crippen LogP contribution in [0.2, 0.25) is 0 Å². The standard InChI is InChI=1S/C60H46.C58H42/c1-5-60(6-2)52-30-18-16-20-40(52)42-34-32-38(36-54(42)60)56-45-23-9-13-27-49(45)58(50-28-14-10-24-46(50)56)57-47-25-11-7-21-43(47)55(44-22-8-12-26-48(44)57)37-31-33-41-39-19-15-17-29-51(39)59(3,4)53(41)35-37;1-57(2)49-27-15-13-17-37(49)39-31-29-35(33-51(39)57)53-41-19-5-9-23-45(41)55(46-24-10-6-20-42(46)53)56-47-25-11-7-21-43(47)54(44-22-8-12-26-48(44)56)36-30-32-40-38-18-14-16-28-50(38)58(3,4)52(40)34-36/h7-36H,5-6H2,1-4H3;5-34H,1-4H3. The minimum Gasteiger partial charge on any atom is -0.0642 e. The zero-order valence-electron chi connectivity index (χ0n) is 68.1. The Hall–Kier alpha value is -13.5. The fraction of sp³-hybridized carbons (Fsp3) is 0.119. The summed E-state index contributed by atoms with van der Waals surface area (Å²) in [5.41, 5.74) is 37.6. The first-order valence-electron chi connectivity index (χ1n) is 42.5. The molecule has 0 N–H and O–H groups in total. The monoisotopic (exact) mass is 1500 g/mol. The average Bonchev–Trinajstić information content (AvgIpc) is 1.68. The van der Waals surface area contributed by atoms with Crippen LogP contribution in [0.3, 0.4) is 0 Å². The average molecular weight is 1510 g/mol. The Balaban J connectivity index is 0.000000138. The lowest BCUT2D eigenvalue weighted by molar-refractivity contribution is 0.490. The summed E-state index contributed by atoms with van der Waals surface area (Å²) in [4.78, 5) is 0. The van der Waals surface area contributed by atoms with Crippen molar-refractivity contribution in [2.24, 2.45) is 0 Å². The smallest absolute Gasteiger partial charge is 0.0210 e. The van der Waals surface area contributed by atoms with Crippen LogP contribution in [0.25, 0.3) is 197 Å². The zero-order chi connectivity index (χ0) is 79.2. The predicted octanol–water partition coefficient (Wildman–Crippen LogP) is 32.6. The highest BCUT2D eigenvalue weighted by Gasteiger charge is 2.43. The summed E-state index contributed by atoms with van der Waals surface area (Å²) in [6.07, 6.45) is 2.15. The van der Waals surface area contributed by atoms with Gasteiger partial charge >= 0.3 is 0 Å². The van der Waals surface area contributed by atoms with Gasteiger partial charge in [0, 0.05) is 21.7 Å². The molecule has 0 unspecified atom stereocenters. The summed E-state index contributed by atoms with van der Waals surface area (Å²) >= 11 is 0. The second kappa shape index (κ2) is 26.0. The third-order valence-corrected chi connectivity index (χ3v) is 28.6. The first-order chi connectivity index (χ1) is 57.8. The summed E-state index contributed by atoms with van der Waals surface area (Å²) in [7, 11) is 0. The number of rotatable bonds is 8. The van der Waals surface area contributed by atoms with Gasteiger partial charge in [0.25, 0.3) is 0 Å². The van der Waals surface area contributed by atoms with Gasteiger partial charge in [-0.1, -0.05) is 395 Å². The van der Waals surface area contributed by atoms with E-state index in [-0.39, 0.29) is 21.7 Å². The van der Waals surface area contributed by atoms with E-state index in [0.29, 0.717) is 0 Å². The van der Waals surface area contributed by atoms with Crippen LogP contribution < -0.4 is 0 Å². The Morgan fingerprint density at radius 1 is 0.153 bits per heavy atom. The van der Waals surface area contributed by atoms with Crippen LogP contribution >= 0.6 is 0 Å². The van der Waals surface area contributed by atoms with Gasteiger partial charge in [-0.3, -0.25) is 0 Å². The Morgan fingerprint density at radius 2 is 0.314 bits per heavy atom. The lowest BCUT2D eigenvalue weighted by Crippen LogP contribution is -2.23. The summed E-state index contributed by atoms with van der Waals surface area (Å²) < 4.78 is 0. The summed E-state index contributed by atoms with van der Waals surface area (Å²) in [5, 5.41) is 20.5. The molecule has 0 aromatic heterocycles. The quantitative estimate of drug-likeness (QED) is 0.133. The van der Waals surface area contributed by atoms with Crippen molar-refractivity contribution in [3.05, 3.63) is 408 Å². The molecule has 118 heavy (non-hydrogen) atoms. The van der Waals surface area contributed by atoms with Gasteiger partial charge in [0.2, 0.25) is 0 Å². The normalized spacial score (nSPS) is 14.4. The topological polar surface area (TPSA) is 0 Å². The summed E-state index contributed by atoms with van der Waals surface area (Å²) in [6.45, 7) is 19.0. The van der Waals surface area contributed by atoms with Gasteiger partial charge < -0.3 is 0 Å². The minimum absolute atomic E-state index is 0.00558. The largest absolute Gasteiger partial charge is 0.0642 e. The third kappa shape index (κ3) is 9.78. The molecule has 0 saturated carbocycles. The molecule has 4 aliphatic carbocycles. The van der Waals surface area contributed by atoms with Crippen molar-refractivity contribution in [3.63, 3.8) is 0 Å². The molecule has 0 saturated heterocycles. The highest BCUT2D eigenvalue weighted by Crippen LogP contribution is 2.60. The predicted molar refractivity (Wildman–Crippen MR) is 505 cm³/mol. The maximum absolute atomic E-state index is 2.55. The lowest BCUT2D eigenvalue weighted by atomic mass is 9.73. The van der Waals surface area contributed by atoms with E-state index in [1.165, 1.54) is 242 Å². The van der Waals surface area contributed by atoms with Gasteiger partial charge in [0.05, 0.1) is 0 Å². The fourth-order valence-electron chi connectivity index (χ4n) is 23.0. The molecule has 0 spiro atoms.